The highest BCUT2D eigenvalue weighted by atomic mass is 32.2. The van der Waals surface area contributed by atoms with Crippen LogP contribution in [0.1, 0.15) is 76.7 Å². The molecule has 0 aliphatic heterocycles. The van der Waals surface area contributed by atoms with Gasteiger partial charge in [-0.15, -0.1) is 11.8 Å². The second-order valence-corrected chi connectivity index (χ2v) is 9.65. The Morgan fingerprint density at radius 3 is 1.89 bits per heavy atom. The SMILES string of the molecule is CCCCCCCCCCCCSc1ccc(Sc2ccccc2CO)cc1. The van der Waals surface area contributed by atoms with Gasteiger partial charge in [0, 0.05) is 14.7 Å². The second-order valence-electron chi connectivity index (χ2n) is 7.37. The van der Waals surface area contributed by atoms with Gasteiger partial charge in [0.1, 0.15) is 0 Å². The first-order chi connectivity index (χ1) is 13.8. The van der Waals surface area contributed by atoms with Crippen LogP contribution in [0.3, 0.4) is 0 Å². The second kappa shape index (κ2) is 15.0. The standard InChI is InChI=1S/C25H36OS2/c1-2-3-4-5-6-7-8-9-10-13-20-27-23-16-18-24(19-17-23)28-25-15-12-11-14-22(25)21-26/h11-12,14-19,26H,2-10,13,20-21H2,1H3. The zero-order valence-electron chi connectivity index (χ0n) is 17.4. The molecule has 0 fully saturated rings. The van der Waals surface area contributed by atoms with E-state index < -0.39 is 0 Å². The predicted octanol–water partition coefficient (Wildman–Crippen LogP) is 8.34. The predicted molar refractivity (Wildman–Crippen MR) is 125 cm³/mol. The number of benzene rings is 2. The van der Waals surface area contributed by atoms with Gasteiger partial charge in [-0.05, 0) is 48.1 Å². The summed E-state index contributed by atoms with van der Waals surface area (Å²) >= 11 is 3.69. The summed E-state index contributed by atoms with van der Waals surface area (Å²) in [6.45, 7) is 2.37. The highest BCUT2D eigenvalue weighted by Gasteiger charge is 2.03. The molecule has 0 atom stereocenters. The van der Waals surface area contributed by atoms with Crippen LogP contribution < -0.4 is 0 Å². The summed E-state index contributed by atoms with van der Waals surface area (Å²) in [5.74, 6) is 1.22. The first kappa shape index (κ1) is 23.4. The minimum absolute atomic E-state index is 0.0932. The number of unbranched alkanes of at least 4 members (excludes halogenated alkanes) is 9. The van der Waals surface area contributed by atoms with Crippen molar-refractivity contribution < 1.29 is 5.11 Å². The zero-order chi connectivity index (χ0) is 19.9. The molecule has 154 valence electrons. The Hall–Kier alpha value is -0.900. The molecule has 0 bridgehead atoms. The molecule has 2 aromatic carbocycles. The summed E-state index contributed by atoms with van der Waals surface area (Å²) in [6, 6.07) is 16.9. The van der Waals surface area contributed by atoms with E-state index in [0.717, 1.165) is 10.5 Å². The quantitative estimate of drug-likeness (QED) is 0.233. The van der Waals surface area contributed by atoms with Crippen molar-refractivity contribution in [1.29, 1.82) is 0 Å². The van der Waals surface area contributed by atoms with E-state index in [2.05, 4.69) is 37.3 Å². The fourth-order valence-electron chi connectivity index (χ4n) is 3.24. The van der Waals surface area contributed by atoms with Gasteiger partial charge < -0.3 is 5.11 Å². The average molecular weight is 417 g/mol. The van der Waals surface area contributed by atoms with Crippen LogP contribution in [0.15, 0.2) is 63.2 Å². The molecule has 0 heterocycles. The van der Waals surface area contributed by atoms with Crippen LogP contribution in [0.4, 0.5) is 0 Å². The van der Waals surface area contributed by atoms with Crippen LogP contribution in [-0.4, -0.2) is 10.9 Å². The lowest BCUT2D eigenvalue weighted by atomic mass is 10.1. The molecule has 0 saturated carbocycles. The fraction of sp³-hybridized carbons (Fsp3) is 0.520. The van der Waals surface area contributed by atoms with E-state index in [-0.39, 0.29) is 6.61 Å². The lowest BCUT2D eigenvalue weighted by Gasteiger charge is -2.07. The van der Waals surface area contributed by atoms with Gasteiger partial charge in [0.2, 0.25) is 0 Å². The average Bonchev–Trinajstić information content (AvgIpc) is 2.73. The van der Waals surface area contributed by atoms with Crippen molar-refractivity contribution in [2.75, 3.05) is 5.75 Å². The molecule has 2 rings (SSSR count). The van der Waals surface area contributed by atoms with E-state index in [9.17, 15) is 5.11 Å². The number of rotatable bonds is 15. The Morgan fingerprint density at radius 1 is 0.679 bits per heavy atom. The fourth-order valence-corrected chi connectivity index (χ4v) is 5.09. The van der Waals surface area contributed by atoms with Crippen molar-refractivity contribution in [3.05, 3.63) is 54.1 Å². The summed E-state index contributed by atoms with van der Waals surface area (Å²) < 4.78 is 0. The van der Waals surface area contributed by atoms with Gasteiger partial charge in [0.05, 0.1) is 6.61 Å². The first-order valence-corrected chi connectivity index (χ1v) is 12.7. The van der Waals surface area contributed by atoms with Crippen molar-refractivity contribution >= 4 is 23.5 Å². The van der Waals surface area contributed by atoms with Gasteiger partial charge in [0.15, 0.2) is 0 Å². The van der Waals surface area contributed by atoms with Crippen LogP contribution in [0.25, 0.3) is 0 Å². The summed E-state index contributed by atoms with van der Waals surface area (Å²) in [4.78, 5) is 3.72. The molecule has 0 unspecified atom stereocenters. The Balaban J connectivity index is 1.56. The van der Waals surface area contributed by atoms with Crippen molar-refractivity contribution in [3.8, 4) is 0 Å². The van der Waals surface area contributed by atoms with Crippen molar-refractivity contribution in [3.63, 3.8) is 0 Å². The minimum atomic E-state index is 0.0932. The van der Waals surface area contributed by atoms with Gasteiger partial charge >= 0.3 is 0 Å². The van der Waals surface area contributed by atoms with Gasteiger partial charge in [-0.3, -0.25) is 0 Å². The highest BCUT2D eigenvalue weighted by Crippen LogP contribution is 2.32. The molecule has 0 aliphatic rings. The lowest BCUT2D eigenvalue weighted by molar-refractivity contribution is 0.279. The summed E-state index contributed by atoms with van der Waals surface area (Å²) in [5.41, 5.74) is 0.993. The minimum Gasteiger partial charge on any atom is -0.392 e. The molecule has 0 aromatic heterocycles. The van der Waals surface area contributed by atoms with Crippen LogP contribution in [0.2, 0.25) is 0 Å². The van der Waals surface area contributed by atoms with E-state index >= 15 is 0 Å². The lowest BCUT2D eigenvalue weighted by Crippen LogP contribution is -1.86. The molecule has 0 radical (unpaired) electrons. The molecular formula is C25H36OS2. The van der Waals surface area contributed by atoms with Crippen molar-refractivity contribution in [2.45, 2.75) is 92.4 Å². The third-order valence-corrected chi connectivity index (χ3v) is 7.19. The molecule has 0 spiro atoms. The topological polar surface area (TPSA) is 20.2 Å². The maximum absolute atomic E-state index is 9.46. The molecule has 1 N–H and O–H groups in total. The third kappa shape index (κ3) is 9.54. The normalized spacial score (nSPS) is 11.1. The maximum Gasteiger partial charge on any atom is 0.0692 e. The summed E-state index contributed by atoms with van der Waals surface area (Å²) in [5, 5.41) is 9.46. The highest BCUT2D eigenvalue weighted by molar-refractivity contribution is 7.99. The van der Waals surface area contributed by atoms with Crippen LogP contribution in [0, 0.1) is 0 Å². The van der Waals surface area contributed by atoms with Crippen LogP contribution >= 0.6 is 23.5 Å². The monoisotopic (exact) mass is 416 g/mol. The van der Waals surface area contributed by atoms with E-state index in [0.29, 0.717) is 0 Å². The van der Waals surface area contributed by atoms with E-state index in [1.165, 1.54) is 79.8 Å². The number of thioether (sulfide) groups is 1. The van der Waals surface area contributed by atoms with Crippen molar-refractivity contribution in [1.82, 2.24) is 0 Å². The maximum atomic E-state index is 9.46. The molecule has 2 aromatic rings. The number of hydrogen-bond acceptors (Lipinski definition) is 3. The third-order valence-electron chi connectivity index (χ3n) is 4.96. The van der Waals surface area contributed by atoms with Gasteiger partial charge in [-0.1, -0.05) is 94.7 Å². The smallest absolute Gasteiger partial charge is 0.0692 e. The van der Waals surface area contributed by atoms with E-state index in [1.807, 2.05) is 30.0 Å². The molecule has 0 amide bonds. The molecule has 1 nitrogen and oxygen atoms in total. The van der Waals surface area contributed by atoms with Gasteiger partial charge in [0.25, 0.3) is 0 Å². The molecule has 0 saturated heterocycles. The van der Waals surface area contributed by atoms with Gasteiger partial charge in [-0.2, -0.15) is 0 Å². The number of aliphatic hydroxyl groups excluding tert-OH is 1. The molecule has 0 aliphatic carbocycles. The number of aliphatic hydroxyl groups is 1. The summed E-state index contributed by atoms with van der Waals surface area (Å²) in [6.07, 6.45) is 14.0. The Morgan fingerprint density at radius 2 is 1.25 bits per heavy atom. The van der Waals surface area contributed by atoms with Gasteiger partial charge in [-0.25, -0.2) is 0 Å². The molecular weight excluding hydrogens is 380 g/mol. The van der Waals surface area contributed by atoms with Crippen molar-refractivity contribution in [2.24, 2.45) is 0 Å². The van der Waals surface area contributed by atoms with Crippen LogP contribution in [-0.2, 0) is 6.61 Å². The number of hydrogen-bond donors (Lipinski definition) is 1. The Labute approximate surface area is 180 Å². The summed E-state index contributed by atoms with van der Waals surface area (Å²) in [7, 11) is 0. The Bertz CT molecular complexity index is 639. The zero-order valence-corrected chi connectivity index (χ0v) is 19.0. The van der Waals surface area contributed by atoms with E-state index in [1.54, 1.807) is 11.8 Å². The molecule has 3 heteroatoms. The first-order valence-electron chi connectivity index (χ1n) is 10.9. The van der Waals surface area contributed by atoms with E-state index in [4.69, 9.17) is 0 Å². The largest absolute Gasteiger partial charge is 0.392 e. The molecule has 28 heavy (non-hydrogen) atoms. The Kier molecular flexibility index (Phi) is 12.5. The van der Waals surface area contributed by atoms with Crippen LogP contribution in [0.5, 0.6) is 0 Å².